The van der Waals surface area contributed by atoms with Gasteiger partial charge in [0.1, 0.15) is 11.3 Å². The summed E-state index contributed by atoms with van der Waals surface area (Å²) in [6, 6.07) is 8.65. The van der Waals surface area contributed by atoms with E-state index >= 15 is 0 Å². The van der Waals surface area contributed by atoms with Crippen LogP contribution in [0.25, 0.3) is 11.0 Å². The molecule has 1 amide bonds. The summed E-state index contributed by atoms with van der Waals surface area (Å²) in [5.41, 5.74) is 4.89. The maximum Gasteiger partial charge on any atom is 0.311 e. The molecule has 1 atom stereocenters. The fraction of sp³-hybridized carbons (Fsp3) is 0.273. The Labute approximate surface area is 163 Å². The van der Waals surface area contributed by atoms with Crippen LogP contribution in [0.3, 0.4) is 0 Å². The number of fused-ring (bicyclic) bond motifs is 1. The third-order valence-corrected chi connectivity index (χ3v) is 4.58. The van der Waals surface area contributed by atoms with Crippen molar-refractivity contribution >= 4 is 28.5 Å². The van der Waals surface area contributed by atoms with E-state index in [9.17, 15) is 14.7 Å². The number of carbonyl (C=O) groups excluding carboxylic acids is 2. The van der Waals surface area contributed by atoms with Crippen molar-refractivity contribution in [2.45, 2.75) is 40.2 Å². The summed E-state index contributed by atoms with van der Waals surface area (Å²) in [5, 5.41) is 13.0. The molecule has 1 aromatic heterocycles. The standard InChI is InChI=1S/C22H23NO5/c1-12-7-13(2)21(14(3)8-12)23-22(26)15(4)28-20(25)9-16-11-27-19-10-17(24)5-6-18(16)19/h5-8,10-11,15,24H,9H2,1-4H3,(H,23,26)/t15-/m0/s1. The van der Waals surface area contributed by atoms with Gasteiger partial charge in [-0.1, -0.05) is 17.7 Å². The van der Waals surface area contributed by atoms with Crippen LogP contribution in [0.5, 0.6) is 5.75 Å². The topological polar surface area (TPSA) is 88.8 Å². The second-order valence-corrected chi connectivity index (χ2v) is 7.01. The van der Waals surface area contributed by atoms with Crippen LogP contribution in [0.1, 0.15) is 29.2 Å². The minimum absolute atomic E-state index is 0.0298. The van der Waals surface area contributed by atoms with Crippen LogP contribution in [0.4, 0.5) is 5.69 Å². The quantitative estimate of drug-likeness (QED) is 0.647. The van der Waals surface area contributed by atoms with Crippen molar-refractivity contribution in [2.24, 2.45) is 0 Å². The molecule has 146 valence electrons. The minimum atomic E-state index is -0.935. The van der Waals surface area contributed by atoms with Gasteiger partial charge in [0, 0.05) is 22.7 Å². The lowest BCUT2D eigenvalue weighted by Crippen LogP contribution is -2.31. The van der Waals surface area contributed by atoms with Crippen LogP contribution < -0.4 is 5.32 Å². The smallest absolute Gasteiger partial charge is 0.311 e. The van der Waals surface area contributed by atoms with Gasteiger partial charge in [-0.25, -0.2) is 0 Å². The van der Waals surface area contributed by atoms with Crippen LogP contribution in [0.15, 0.2) is 41.0 Å². The van der Waals surface area contributed by atoms with Crippen molar-refractivity contribution in [1.29, 1.82) is 0 Å². The molecule has 2 N–H and O–H groups in total. The number of hydrogen-bond acceptors (Lipinski definition) is 5. The Morgan fingerprint density at radius 2 is 1.82 bits per heavy atom. The molecule has 6 nitrogen and oxygen atoms in total. The SMILES string of the molecule is Cc1cc(C)c(NC(=O)[C@H](C)OC(=O)Cc2coc3cc(O)ccc23)c(C)c1. The van der Waals surface area contributed by atoms with Crippen molar-refractivity contribution < 1.29 is 23.8 Å². The predicted molar refractivity (Wildman–Crippen MR) is 106 cm³/mol. The number of anilines is 1. The molecule has 0 unspecified atom stereocenters. The Kier molecular flexibility index (Phi) is 5.40. The highest BCUT2D eigenvalue weighted by Crippen LogP contribution is 2.26. The Hall–Kier alpha value is -3.28. The number of rotatable bonds is 5. The monoisotopic (exact) mass is 381 g/mol. The average Bonchev–Trinajstić information content (AvgIpc) is 2.99. The molecule has 0 spiro atoms. The number of phenolic OH excluding ortho intramolecular Hbond substituents is 1. The molecule has 0 saturated carbocycles. The molecular weight excluding hydrogens is 358 g/mol. The lowest BCUT2D eigenvalue weighted by atomic mass is 10.0. The van der Waals surface area contributed by atoms with Gasteiger partial charge in [-0.05, 0) is 51.0 Å². The molecule has 0 aliphatic carbocycles. The third-order valence-electron chi connectivity index (χ3n) is 4.58. The van der Waals surface area contributed by atoms with Crippen molar-refractivity contribution in [3.63, 3.8) is 0 Å². The number of amides is 1. The van der Waals surface area contributed by atoms with Crippen molar-refractivity contribution in [3.8, 4) is 5.75 Å². The number of aromatic hydroxyl groups is 1. The van der Waals surface area contributed by atoms with Gasteiger partial charge in [-0.3, -0.25) is 9.59 Å². The fourth-order valence-electron chi connectivity index (χ4n) is 3.26. The lowest BCUT2D eigenvalue weighted by Gasteiger charge is -2.16. The first kappa shape index (κ1) is 19.5. The summed E-state index contributed by atoms with van der Waals surface area (Å²) >= 11 is 0. The number of phenols is 1. The van der Waals surface area contributed by atoms with Gasteiger partial charge < -0.3 is 19.6 Å². The number of benzene rings is 2. The first-order valence-corrected chi connectivity index (χ1v) is 9.02. The van der Waals surface area contributed by atoms with Gasteiger partial charge in [0.2, 0.25) is 0 Å². The number of esters is 1. The highest BCUT2D eigenvalue weighted by molar-refractivity contribution is 5.96. The molecule has 0 bridgehead atoms. The largest absolute Gasteiger partial charge is 0.508 e. The molecular formula is C22H23NO5. The van der Waals surface area contributed by atoms with Gasteiger partial charge in [0.15, 0.2) is 6.10 Å². The van der Waals surface area contributed by atoms with Crippen LogP contribution in [-0.2, 0) is 20.7 Å². The Morgan fingerprint density at radius 1 is 1.14 bits per heavy atom. The zero-order valence-corrected chi connectivity index (χ0v) is 16.3. The molecule has 0 aliphatic rings. The number of carbonyl (C=O) groups is 2. The highest BCUT2D eigenvalue weighted by atomic mass is 16.5. The normalized spacial score (nSPS) is 12.0. The van der Waals surface area contributed by atoms with E-state index in [0.717, 1.165) is 27.8 Å². The number of ether oxygens (including phenoxy) is 1. The van der Waals surface area contributed by atoms with Gasteiger partial charge in [-0.2, -0.15) is 0 Å². The molecule has 1 heterocycles. The summed E-state index contributed by atoms with van der Waals surface area (Å²) < 4.78 is 10.6. The van der Waals surface area contributed by atoms with Gasteiger partial charge in [0.05, 0.1) is 12.7 Å². The van der Waals surface area contributed by atoms with Crippen LogP contribution >= 0.6 is 0 Å². The van der Waals surface area contributed by atoms with E-state index < -0.39 is 12.1 Å². The summed E-state index contributed by atoms with van der Waals surface area (Å²) in [6.45, 7) is 7.39. The first-order chi connectivity index (χ1) is 13.2. The van der Waals surface area contributed by atoms with Crippen molar-refractivity contribution in [3.05, 3.63) is 58.8 Å². The van der Waals surface area contributed by atoms with E-state index in [0.29, 0.717) is 11.1 Å². The Morgan fingerprint density at radius 3 is 2.50 bits per heavy atom. The third kappa shape index (κ3) is 4.17. The maximum absolute atomic E-state index is 12.5. The summed E-state index contributed by atoms with van der Waals surface area (Å²) in [5.74, 6) is -0.830. The maximum atomic E-state index is 12.5. The zero-order valence-electron chi connectivity index (χ0n) is 16.3. The number of hydrogen-bond donors (Lipinski definition) is 2. The lowest BCUT2D eigenvalue weighted by molar-refractivity contribution is -0.152. The molecule has 0 saturated heterocycles. The fourth-order valence-corrected chi connectivity index (χ4v) is 3.26. The summed E-state index contributed by atoms with van der Waals surface area (Å²) in [4.78, 5) is 24.7. The molecule has 0 fully saturated rings. The number of furan rings is 1. The van der Waals surface area contributed by atoms with Crippen LogP contribution in [0, 0.1) is 20.8 Å². The second-order valence-electron chi connectivity index (χ2n) is 7.01. The van der Waals surface area contributed by atoms with Crippen LogP contribution in [-0.4, -0.2) is 23.1 Å². The molecule has 0 aliphatic heterocycles. The summed E-state index contributed by atoms with van der Waals surface area (Å²) in [7, 11) is 0. The van der Waals surface area contributed by atoms with E-state index in [2.05, 4.69) is 5.32 Å². The first-order valence-electron chi connectivity index (χ1n) is 9.02. The number of aryl methyl sites for hydroxylation is 3. The van der Waals surface area contributed by atoms with Crippen LogP contribution in [0.2, 0.25) is 0 Å². The number of nitrogens with one attached hydrogen (secondary N) is 1. The molecule has 6 heteroatoms. The molecule has 28 heavy (non-hydrogen) atoms. The van der Waals surface area contributed by atoms with Gasteiger partial charge in [0.25, 0.3) is 5.91 Å². The predicted octanol–water partition coefficient (Wildman–Crippen LogP) is 4.18. The molecule has 0 radical (unpaired) electrons. The highest BCUT2D eigenvalue weighted by Gasteiger charge is 2.20. The molecule has 3 aromatic rings. The Balaban J connectivity index is 1.64. The van der Waals surface area contributed by atoms with E-state index in [1.54, 1.807) is 6.07 Å². The van der Waals surface area contributed by atoms with Gasteiger partial charge in [-0.15, -0.1) is 0 Å². The summed E-state index contributed by atoms with van der Waals surface area (Å²) in [6.07, 6.45) is 0.488. The minimum Gasteiger partial charge on any atom is -0.508 e. The van der Waals surface area contributed by atoms with Crippen molar-refractivity contribution in [2.75, 3.05) is 5.32 Å². The van der Waals surface area contributed by atoms with Gasteiger partial charge >= 0.3 is 5.97 Å². The Bertz CT molecular complexity index is 1030. The molecule has 2 aromatic carbocycles. The van der Waals surface area contributed by atoms with E-state index in [-0.39, 0.29) is 18.1 Å². The second kappa shape index (κ2) is 7.76. The average molecular weight is 381 g/mol. The zero-order chi connectivity index (χ0) is 20.4. The van der Waals surface area contributed by atoms with E-state index in [4.69, 9.17) is 9.15 Å². The van der Waals surface area contributed by atoms with E-state index in [1.807, 2.05) is 32.9 Å². The molecule has 3 rings (SSSR count). The van der Waals surface area contributed by atoms with Crippen molar-refractivity contribution in [1.82, 2.24) is 0 Å². The van der Waals surface area contributed by atoms with E-state index in [1.165, 1.54) is 25.3 Å².